The van der Waals surface area contributed by atoms with Crippen molar-refractivity contribution >= 4 is 49.5 Å². The van der Waals surface area contributed by atoms with Crippen LogP contribution in [0.3, 0.4) is 0 Å². The molecule has 3 heterocycles. The highest BCUT2D eigenvalue weighted by atomic mass is 32.1. The van der Waals surface area contributed by atoms with Crippen LogP contribution >= 0.6 is 11.3 Å². The zero-order valence-corrected chi connectivity index (χ0v) is 28.3. The summed E-state index contributed by atoms with van der Waals surface area (Å²) in [6.45, 7) is 0. The molecule has 9 aromatic rings. The van der Waals surface area contributed by atoms with E-state index < -0.39 is 0 Å². The fourth-order valence-electron chi connectivity index (χ4n) is 7.11. The highest BCUT2D eigenvalue weighted by Gasteiger charge is 2.32. The van der Waals surface area contributed by atoms with Gasteiger partial charge in [-0.15, -0.1) is 11.3 Å². The van der Waals surface area contributed by atoms with E-state index in [1.165, 1.54) is 27.4 Å². The van der Waals surface area contributed by atoms with Crippen molar-refractivity contribution in [2.24, 2.45) is 0 Å². The molecule has 2 aromatic heterocycles. The number of hydrogen-bond acceptors (Lipinski definition) is 4. The predicted molar refractivity (Wildman–Crippen MR) is 211 cm³/mol. The second kappa shape index (κ2) is 12.1. The zero-order chi connectivity index (χ0) is 33.7. The lowest BCUT2D eigenvalue weighted by Gasteiger charge is -2.27. The van der Waals surface area contributed by atoms with Gasteiger partial charge in [0.15, 0.2) is 17.2 Å². The fourth-order valence-corrected chi connectivity index (χ4v) is 8.31. The number of ether oxygens (including phenoxy) is 2. The first kappa shape index (κ1) is 29.4. The van der Waals surface area contributed by atoms with Crippen LogP contribution < -0.4 is 14.4 Å². The van der Waals surface area contributed by atoms with E-state index in [1.54, 1.807) is 11.3 Å². The van der Waals surface area contributed by atoms with Crippen LogP contribution in [0.15, 0.2) is 182 Å². The summed E-state index contributed by atoms with van der Waals surface area (Å²) in [6.07, 6.45) is 0. The van der Waals surface area contributed by atoms with E-state index in [1.807, 2.05) is 36.4 Å². The number of aromatic nitrogens is 1. The molecule has 0 aliphatic carbocycles. The van der Waals surface area contributed by atoms with Gasteiger partial charge in [-0.3, -0.25) is 4.90 Å². The van der Waals surface area contributed by atoms with E-state index in [2.05, 4.69) is 155 Å². The van der Waals surface area contributed by atoms with Gasteiger partial charge >= 0.3 is 0 Å². The third kappa shape index (κ3) is 4.98. The highest BCUT2D eigenvalue weighted by Crippen LogP contribution is 2.61. The first-order valence-corrected chi connectivity index (χ1v) is 17.8. The zero-order valence-electron chi connectivity index (χ0n) is 27.4. The fraction of sp³-hybridized carbons (Fsp3) is 0. The topological polar surface area (TPSA) is 26.6 Å². The summed E-state index contributed by atoms with van der Waals surface area (Å²) >= 11 is 1.67. The van der Waals surface area contributed by atoms with Crippen LogP contribution in [-0.4, -0.2) is 4.57 Å². The maximum atomic E-state index is 6.75. The number of nitrogens with zero attached hydrogens (tertiary/aromatic N) is 2. The van der Waals surface area contributed by atoms with E-state index in [0.29, 0.717) is 17.2 Å². The van der Waals surface area contributed by atoms with Gasteiger partial charge in [0.2, 0.25) is 5.75 Å². The standard InChI is InChI=1S/C46H30N2O2S/c1-3-13-31(14-4-1)32-23-25-34(26-24-32)47(35-27-29-36(30-28-35)48-39-19-9-7-17-37(39)38-18-8-10-20-40(38)48)46-44-43(45(51-46)33-15-5-2-6-16-33)49-41-21-11-12-22-42(41)50-44/h1-30H. The molecule has 1 aliphatic rings. The van der Waals surface area contributed by atoms with Crippen molar-refractivity contribution in [3.8, 4) is 50.3 Å². The maximum absolute atomic E-state index is 6.75. The predicted octanol–water partition coefficient (Wildman–Crippen LogP) is 13.5. The van der Waals surface area contributed by atoms with Crippen molar-refractivity contribution in [2.75, 3.05) is 4.90 Å². The number of benzene rings is 7. The smallest absolute Gasteiger partial charge is 0.205 e. The molecule has 10 rings (SSSR count). The van der Waals surface area contributed by atoms with Gasteiger partial charge in [-0.25, -0.2) is 0 Å². The van der Waals surface area contributed by atoms with Gasteiger partial charge in [0.1, 0.15) is 5.00 Å². The van der Waals surface area contributed by atoms with Crippen molar-refractivity contribution in [3.05, 3.63) is 182 Å². The Labute approximate surface area is 299 Å². The lowest BCUT2D eigenvalue weighted by molar-refractivity contribution is 0.364. The maximum Gasteiger partial charge on any atom is 0.205 e. The average molecular weight is 675 g/mol. The van der Waals surface area contributed by atoms with E-state index in [0.717, 1.165) is 43.8 Å². The average Bonchev–Trinajstić information content (AvgIpc) is 3.74. The van der Waals surface area contributed by atoms with E-state index in [-0.39, 0.29) is 0 Å². The second-order valence-corrected chi connectivity index (χ2v) is 13.5. The second-order valence-electron chi connectivity index (χ2n) is 12.5. The van der Waals surface area contributed by atoms with Gasteiger partial charge in [0, 0.05) is 27.8 Å². The first-order valence-electron chi connectivity index (χ1n) is 17.0. The largest absolute Gasteiger partial charge is 0.448 e. The molecule has 7 aromatic carbocycles. The van der Waals surface area contributed by atoms with Gasteiger partial charge in [-0.05, 0) is 77.4 Å². The Kier molecular flexibility index (Phi) is 6.96. The summed E-state index contributed by atoms with van der Waals surface area (Å²) in [4.78, 5) is 3.31. The minimum atomic E-state index is 0.699. The van der Waals surface area contributed by atoms with Crippen LogP contribution in [0.4, 0.5) is 16.4 Å². The molecule has 0 spiro atoms. The van der Waals surface area contributed by atoms with Crippen LogP contribution in [0.5, 0.6) is 23.0 Å². The SMILES string of the molecule is c1ccc(-c2ccc(N(c3ccc(-n4c5ccccc5c5ccccc54)cc3)c3sc(-c4ccccc4)c4c3Oc3ccccc3O4)cc2)cc1. The summed E-state index contributed by atoms with van der Waals surface area (Å²) in [5.41, 5.74) is 8.92. The van der Waals surface area contributed by atoms with Crippen molar-refractivity contribution < 1.29 is 9.47 Å². The molecule has 0 amide bonds. The van der Waals surface area contributed by atoms with Crippen LogP contribution in [0.1, 0.15) is 0 Å². The molecule has 0 N–H and O–H groups in total. The molecule has 51 heavy (non-hydrogen) atoms. The molecule has 0 saturated heterocycles. The first-order chi connectivity index (χ1) is 25.3. The summed E-state index contributed by atoms with van der Waals surface area (Å²) in [5.74, 6) is 2.84. The Bertz CT molecular complexity index is 2630. The lowest BCUT2D eigenvalue weighted by Crippen LogP contribution is -2.10. The number of thiophene rings is 1. The molecule has 0 radical (unpaired) electrons. The number of rotatable bonds is 6. The normalized spacial score (nSPS) is 11.8. The number of hydrogen-bond donors (Lipinski definition) is 0. The molecule has 0 saturated carbocycles. The van der Waals surface area contributed by atoms with Crippen LogP contribution in [-0.2, 0) is 0 Å². The van der Waals surface area contributed by atoms with Gasteiger partial charge in [0.25, 0.3) is 0 Å². The Balaban J connectivity index is 1.15. The molecule has 0 fully saturated rings. The third-order valence-corrected chi connectivity index (χ3v) is 10.7. The lowest BCUT2D eigenvalue weighted by atomic mass is 10.1. The quantitative estimate of drug-likeness (QED) is 0.176. The van der Waals surface area contributed by atoms with E-state index in [4.69, 9.17) is 9.47 Å². The Hall–Kier alpha value is -6.56. The molecule has 0 atom stereocenters. The minimum Gasteiger partial charge on any atom is -0.448 e. The molecule has 242 valence electrons. The summed E-state index contributed by atoms with van der Waals surface area (Å²) in [6, 6.07) is 63.6. The molecule has 5 heteroatoms. The third-order valence-electron chi connectivity index (χ3n) is 9.50. The van der Waals surface area contributed by atoms with Gasteiger partial charge < -0.3 is 14.0 Å². The van der Waals surface area contributed by atoms with Crippen molar-refractivity contribution in [1.29, 1.82) is 0 Å². The Morgan fingerprint density at radius 3 is 1.49 bits per heavy atom. The van der Waals surface area contributed by atoms with Gasteiger partial charge in [0.05, 0.1) is 15.9 Å². The van der Waals surface area contributed by atoms with Crippen LogP contribution in [0.2, 0.25) is 0 Å². The molecule has 0 unspecified atom stereocenters. The minimum absolute atomic E-state index is 0.699. The highest BCUT2D eigenvalue weighted by molar-refractivity contribution is 7.20. The van der Waals surface area contributed by atoms with Crippen molar-refractivity contribution in [3.63, 3.8) is 0 Å². The van der Waals surface area contributed by atoms with Crippen molar-refractivity contribution in [2.45, 2.75) is 0 Å². The summed E-state index contributed by atoms with van der Waals surface area (Å²) in [5, 5.41) is 3.43. The number of para-hydroxylation sites is 4. The van der Waals surface area contributed by atoms with E-state index in [9.17, 15) is 0 Å². The molecule has 4 nitrogen and oxygen atoms in total. The van der Waals surface area contributed by atoms with Crippen LogP contribution in [0.25, 0.3) is 49.1 Å². The summed E-state index contributed by atoms with van der Waals surface area (Å²) < 4.78 is 15.7. The summed E-state index contributed by atoms with van der Waals surface area (Å²) in [7, 11) is 0. The molecular formula is C46H30N2O2S. The van der Waals surface area contributed by atoms with E-state index >= 15 is 0 Å². The Morgan fingerprint density at radius 2 is 0.882 bits per heavy atom. The number of anilines is 3. The molecule has 1 aliphatic heterocycles. The number of fused-ring (bicyclic) bond motifs is 5. The van der Waals surface area contributed by atoms with Gasteiger partial charge in [-0.1, -0.05) is 121 Å². The Morgan fingerprint density at radius 1 is 0.412 bits per heavy atom. The molecular weight excluding hydrogens is 645 g/mol. The molecule has 0 bridgehead atoms. The van der Waals surface area contributed by atoms with Crippen LogP contribution in [0, 0.1) is 0 Å². The van der Waals surface area contributed by atoms with Gasteiger partial charge in [-0.2, -0.15) is 0 Å². The monoisotopic (exact) mass is 674 g/mol. The van der Waals surface area contributed by atoms with Crippen molar-refractivity contribution in [1.82, 2.24) is 4.57 Å².